The van der Waals surface area contributed by atoms with Crippen molar-refractivity contribution in [2.75, 3.05) is 5.01 Å². The van der Waals surface area contributed by atoms with Gasteiger partial charge in [-0.05, 0) is 43.3 Å². The van der Waals surface area contributed by atoms with Crippen LogP contribution in [0.2, 0.25) is 0 Å². The largest absolute Gasteiger partial charge is 0.433 e. The van der Waals surface area contributed by atoms with Gasteiger partial charge in [0.15, 0.2) is 0 Å². The maximum atomic E-state index is 13.0. The van der Waals surface area contributed by atoms with Gasteiger partial charge in [-0.25, -0.2) is 4.39 Å². The summed E-state index contributed by atoms with van der Waals surface area (Å²) in [5.41, 5.74) is 1.10. The van der Waals surface area contributed by atoms with Gasteiger partial charge in [-0.15, -0.1) is 0 Å². The summed E-state index contributed by atoms with van der Waals surface area (Å²) in [6, 6.07) is 7.92. The Morgan fingerprint density at radius 3 is 2.57 bits per heavy atom. The zero-order valence-electron chi connectivity index (χ0n) is 11.9. The van der Waals surface area contributed by atoms with Crippen LogP contribution in [0.15, 0.2) is 51.5 Å². The van der Waals surface area contributed by atoms with Crippen LogP contribution < -0.4 is 5.01 Å². The van der Waals surface area contributed by atoms with E-state index in [1.807, 2.05) is 0 Å². The molecule has 1 aromatic carbocycles. The molecule has 3 rings (SSSR count). The van der Waals surface area contributed by atoms with Crippen LogP contribution in [-0.4, -0.2) is 16.5 Å². The highest BCUT2D eigenvalue weighted by Gasteiger charge is 2.29. The number of hydrogen-bond acceptors (Lipinski definition) is 5. The number of amides is 1. The van der Waals surface area contributed by atoms with Crippen molar-refractivity contribution in [1.29, 1.82) is 0 Å². The van der Waals surface area contributed by atoms with Crippen molar-refractivity contribution in [3.8, 4) is 0 Å². The van der Waals surface area contributed by atoms with Gasteiger partial charge in [-0.2, -0.15) is 10.1 Å². The summed E-state index contributed by atoms with van der Waals surface area (Å²) in [5, 5.41) is 15.9. The minimum atomic E-state index is -0.662. The van der Waals surface area contributed by atoms with E-state index in [0.717, 1.165) is 5.01 Å². The highest BCUT2D eigenvalue weighted by molar-refractivity contribution is 6.32. The van der Waals surface area contributed by atoms with Crippen LogP contribution in [0, 0.1) is 15.9 Å². The van der Waals surface area contributed by atoms with Crippen LogP contribution in [0.1, 0.15) is 12.7 Å². The van der Waals surface area contributed by atoms with E-state index in [2.05, 4.69) is 5.10 Å². The maximum absolute atomic E-state index is 13.0. The van der Waals surface area contributed by atoms with E-state index in [4.69, 9.17) is 4.42 Å². The lowest BCUT2D eigenvalue weighted by atomic mass is 10.1. The molecule has 0 saturated heterocycles. The number of rotatable bonds is 3. The molecule has 116 valence electrons. The molecule has 1 amide bonds. The Labute approximate surface area is 129 Å². The first-order chi connectivity index (χ1) is 11.0. The molecule has 7 nitrogen and oxygen atoms in total. The molecule has 8 heteroatoms. The number of nitrogens with zero attached hydrogens (tertiary/aromatic N) is 3. The number of halogens is 1. The molecule has 0 aliphatic carbocycles. The van der Waals surface area contributed by atoms with Crippen molar-refractivity contribution in [3.63, 3.8) is 0 Å². The second-order valence-corrected chi connectivity index (χ2v) is 4.77. The van der Waals surface area contributed by atoms with Crippen LogP contribution in [-0.2, 0) is 4.79 Å². The fourth-order valence-electron chi connectivity index (χ4n) is 2.10. The fraction of sp³-hybridized carbons (Fsp3) is 0.0667. The van der Waals surface area contributed by atoms with Crippen LogP contribution >= 0.6 is 0 Å². The predicted molar refractivity (Wildman–Crippen MR) is 80.3 cm³/mol. The third kappa shape index (κ3) is 2.73. The van der Waals surface area contributed by atoms with Gasteiger partial charge >= 0.3 is 5.88 Å². The minimum Gasteiger partial charge on any atom is -0.401 e. The highest BCUT2D eigenvalue weighted by Crippen LogP contribution is 2.26. The Bertz CT molecular complexity index is 852. The smallest absolute Gasteiger partial charge is 0.401 e. The van der Waals surface area contributed by atoms with E-state index in [-0.39, 0.29) is 11.3 Å². The van der Waals surface area contributed by atoms with Crippen molar-refractivity contribution < 1.29 is 18.5 Å². The van der Waals surface area contributed by atoms with Crippen LogP contribution in [0.25, 0.3) is 6.08 Å². The van der Waals surface area contributed by atoms with Crippen molar-refractivity contribution in [3.05, 3.63) is 63.7 Å². The molecule has 0 radical (unpaired) electrons. The predicted octanol–water partition coefficient (Wildman–Crippen LogP) is 3.13. The molecule has 0 N–H and O–H groups in total. The van der Waals surface area contributed by atoms with Gasteiger partial charge < -0.3 is 4.42 Å². The second-order valence-electron chi connectivity index (χ2n) is 4.77. The lowest BCUT2D eigenvalue weighted by Crippen LogP contribution is -2.21. The standard InChI is InChI=1S/C15H10FN3O4/c1-9-13(8-12-6-7-14(23-12)19(21)22)15(20)18(17-9)11-4-2-10(16)3-5-11/h2-8H,1H3/b13-8-. The molecule has 1 aromatic heterocycles. The van der Waals surface area contributed by atoms with Gasteiger partial charge in [0.25, 0.3) is 5.91 Å². The van der Waals surface area contributed by atoms with E-state index < -0.39 is 22.5 Å². The van der Waals surface area contributed by atoms with Gasteiger partial charge in [-0.1, -0.05) is 0 Å². The molecule has 0 unspecified atom stereocenters. The molecule has 0 bridgehead atoms. The summed E-state index contributed by atoms with van der Waals surface area (Å²) in [4.78, 5) is 22.4. The topological polar surface area (TPSA) is 89.0 Å². The SMILES string of the molecule is CC1=NN(c2ccc(F)cc2)C(=O)/C1=C\c1ccc([N+](=O)[O-])o1. The van der Waals surface area contributed by atoms with Crippen molar-refractivity contribution in [2.45, 2.75) is 6.92 Å². The normalized spacial score (nSPS) is 16.1. The number of benzene rings is 1. The summed E-state index contributed by atoms with van der Waals surface area (Å²) in [5.74, 6) is -1.07. The maximum Gasteiger partial charge on any atom is 0.433 e. The Kier molecular flexibility index (Phi) is 3.49. The summed E-state index contributed by atoms with van der Waals surface area (Å²) in [6.45, 7) is 1.63. The molecule has 0 saturated carbocycles. The second kappa shape index (κ2) is 5.48. The average Bonchev–Trinajstić information content (AvgIpc) is 3.09. The van der Waals surface area contributed by atoms with Gasteiger partial charge in [0.2, 0.25) is 0 Å². The van der Waals surface area contributed by atoms with E-state index in [1.54, 1.807) is 6.92 Å². The van der Waals surface area contributed by atoms with Crippen molar-refractivity contribution in [1.82, 2.24) is 0 Å². The number of carbonyl (C=O) groups excluding carboxylic acids is 1. The summed E-state index contributed by atoms with van der Waals surface area (Å²) >= 11 is 0. The molecule has 0 atom stereocenters. The Morgan fingerprint density at radius 2 is 1.96 bits per heavy atom. The van der Waals surface area contributed by atoms with Crippen molar-refractivity contribution >= 4 is 29.3 Å². The molecule has 23 heavy (non-hydrogen) atoms. The van der Waals surface area contributed by atoms with E-state index in [1.165, 1.54) is 42.5 Å². The fourth-order valence-corrected chi connectivity index (χ4v) is 2.10. The number of carbonyl (C=O) groups is 1. The molecule has 1 aliphatic rings. The monoisotopic (exact) mass is 315 g/mol. The summed E-state index contributed by atoms with van der Waals surface area (Å²) in [6.07, 6.45) is 1.39. The first-order valence-corrected chi connectivity index (χ1v) is 6.57. The summed E-state index contributed by atoms with van der Waals surface area (Å²) < 4.78 is 18.0. The summed E-state index contributed by atoms with van der Waals surface area (Å²) in [7, 11) is 0. The number of nitro groups is 1. The first kappa shape index (κ1) is 14.6. The zero-order chi connectivity index (χ0) is 16.6. The molecular weight excluding hydrogens is 305 g/mol. The average molecular weight is 315 g/mol. The molecule has 2 aromatic rings. The van der Waals surface area contributed by atoms with E-state index in [0.29, 0.717) is 11.4 Å². The third-order valence-corrected chi connectivity index (χ3v) is 3.21. The Balaban J connectivity index is 1.91. The molecule has 2 heterocycles. The number of furan rings is 1. The molecule has 0 spiro atoms. The molecule has 1 aliphatic heterocycles. The Hall–Kier alpha value is -3.29. The first-order valence-electron chi connectivity index (χ1n) is 6.57. The number of hydrazone groups is 1. The van der Waals surface area contributed by atoms with Gasteiger partial charge in [0.05, 0.1) is 23.0 Å². The lowest BCUT2D eigenvalue weighted by Gasteiger charge is -2.11. The van der Waals surface area contributed by atoms with E-state index in [9.17, 15) is 19.3 Å². The Morgan fingerprint density at radius 1 is 1.26 bits per heavy atom. The van der Waals surface area contributed by atoms with Gasteiger partial charge in [-0.3, -0.25) is 14.9 Å². The quantitative estimate of drug-likeness (QED) is 0.494. The lowest BCUT2D eigenvalue weighted by molar-refractivity contribution is -0.402. The van der Waals surface area contributed by atoms with Crippen LogP contribution in [0.5, 0.6) is 0 Å². The molecular formula is C15H10FN3O4. The zero-order valence-corrected chi connectivity index (χ0v) is 11.9. The van der Waals surface area contributed by atoms with Crippen LogP contribution in [0.4, 0.5) is 16.0 Å². The highest BCUT2D eigenvalue weighted by atomic mass is 19.1. The van der Waals surface area contributed by atoms with Crippen molar-refractivity contribution in [2.24, 2.45) is 5.10 Å². The van der Waals surface area contributed by atoms with Crippen LogP contribution in [0.3, 0.4) is 0 Å². The number of hydrogen-bond donors (Lipinski definition) is 0. The number of anilines is 1. The van der Waals surface area contributed by atoms with Gasteiger partial charge in [0.1, 0.15) is 16.5 Å². The minimum absolute atomic E-state index is 0.176. The molecule has 0 fully saturated rings. The van der Waals surface area contributed by atoms with Gasteiger partial charge in [0, 0.05) is 0 Å². The third-order valence-electron chi connectivity index (χ3n) is 3.21. The van der Waals surface area contributed by atoms with E-state index >= 15 is 0 Å².